The van der Waals surface area contributed by atoms with E-state index in [0.29, 0.717) is 18.9 Å². The molecule has 0 fully saturated rings. The maximum atomic E-state index is 12.4. The summed E-state index contributed by atoms with van der Waals surface area (Å²) in [6, 6.07) is 15.8. The molecule has 2 aromatic carbocycles. The van der Waals surface area contributed by atoms with E-state index in [4.69, 9.17) is 4.74 Å². The van der Waals surface area contributed by atoms with Gasteiger partial charge in [-0.25, -0.2) is 4.98 Å². The number of methoxy groups -OCH3 is 1. The molecule has 0 unspecified atom stereocenters. The molecule has 0 aliphatic carbocycles. The van der Waals surface area contributed by atoms with Gasteiger partial charge < -0.3 is 14.6 Å². The summed E-state index contributed by atoms with van der Waals surface area (Å²) < 4.78 is 7.31. The van der Waals surface area contributed by atoms with Crippen LogP contribution in [0.15, 0.2) is 58.6 Å². The summed E-state index contributed by atoms with van der Waals surface area (Å²) in [6.07, 6.45) is 2.00. The zero-order valence-corrected chi connectivity index (χ0v) is 16.4. The first kappa shape index (κ1) is 18.8. The number of nitrogens with one attached hydrogen (secondary N) is 1. The molecule has 136 valence electrons. The highest BCUT2D eigenvalue weighted by atomic mass is 32.2. The average molecular weight is 388 g/mol. The van der Waals surface area contributed by atoms with E-state index in [9.17, 15) is 4.79 Å². The topological polar surface area (TPSA) is 56.1 Å². The number of imidazole rings is 1. The largest absolute Gasteiger partial charge is 0.383 e. The Labute approximate surface area is 161 Å². The standard InChI is InChI=1S/C19H21N3O2S2/c1-24-12-11-22-16-9-5-3-7-14(16)21-19(22)26-13-18(23)20-15-8-4-6-10-17(15)25-2/h3-10H,11-13H2,1-2H3,(H,20,23). The third-order valence-corrected chi connectivity index (χ3v) is 5.62. The van der Waals surface area contributed by atoms with Crippen LogP contribution in [0.1, 0.15) is 0 Å². The van der Waals surface area contributed by atoms with Crippen molar-refractivity contribution in [1.29, 1.82) is 0 Å². The number of aromatic nitrogens is 2. The second kappa shape index (κ2) is 9.12. The Morgan fingerprint density at radius 2 is 1.96 bits per heavy atom. The first-order valence-corrected chi connectivity index (χ1v) is 10.4. The van der Waals surface area contributed by atoms with Gasteiger partial charge in [0.05, 0.1) is 29.1 Å². The Morgan fingerprint density at radius 1 is 1.19 bits per heavy atom. The van der Waals surface area contributed by atoms with Crippen molar-refractivity contribution in [2.45, 2.75) is 16.6 Å². The summed E-state index contributed by atoms with van der Waals surface area (Å²) in [4.78, 5) is 18.1. The molecule has 1 N–H and O–H groups in total. The smallest absolute Gasteiger partial charge is 0.234 e. The molecular formula is C19H21N3O2S2. The maximum Gasteiger partial charge on any atom is 0.234 e. The number of benzene rings is 2. The van der Waals surface area contributed by atoms with Gasteiger partial charge in [-0.05, 0) is 30.5 Å². The number of ether oxygens (including phenoxy) is 1. The van der Waals surface area contributed by atoms with Crippen molar-refractivity contribution in [3.8, 4) is 0 Å². The van der Waals surface area contributed by atoms with Crippen molar-refractivity contribution < 1.29 is 9.53 Å². The van der Waals surface area contributed by atoms with E-state index in [2.05, 4.69) is 14.9 Å². The lowest BCUT2D eigenvalue weighted by Crippen LogP contribution is -2.15. The number of hydrogen-bond acceptors (Lipinski definition) is 5. The van der Waals surface area contributed by atoms with E-state index in [1.165, 1.54) is 11.8 Å². The van der Waals surface area contributed by atoms with Crippen LogP contribution < -0.4 is 5.32 Å². The van der Waals surface area contributed by atoms with E-state index in [0.717, 1.165) is 26.8 Å². The molecule has 0 spiro atoms. The van der Waals surface area contributed by atoms with Crippen molar-refractivity contribution >= 4 is 46.2 Å². The SMILES string of the molecule is COCCn1c(SCC(=O)Nc2ccccc2SC)nc2ccccc21. The monoisotopic (exact) mass is 387 g/mol. The molecule has 0 aliphatic rings. The van der Waals surface area contributed by atoms with Gasteiger partial charge in [0.1, 0.15) is 0 Å². The summed E-state index contributed by atoms with van der Waals surface area (Å²) in [5.74, 6) is 0.265. The fraction of sp³-hybridized carbons (Fsp3) is 0.263. The highest BCUT2D eigenvalue weighted by molar-refractivity contribution is 7.99. The van der Waals surface area contributed by atoms with E-state index in [1.807, 2.05) is 54.8 Å². The van der Waals surface area contributed by atoms with Gasteiger partial charge in [0, 0.05) is 18.6 Å². The highest BCUT2D eigenvalue weighted by Gasteiger charge is 2.13. The lowest BCUT2D eigenvalue weighted by Gasteiger charge is -2.10. The molecule has 26 heavy (non-hydrogen) atoms. The predicted molar refractivity (Wildman–Crippen MR) is 109 cm³/mol. The summed E-state index contributed by atoms with van der Waals surface area (Å²) in [6.45, 7) is 1.30. The van der Waals surface area contributed by atoms with E-state index < -0.39 is 0 Å². The minimum atomic E-state index is -0.0400. The molecule has 0 atom stereocenters. The Kier molecular flexibility index (Phi) is 6.60. The Hall–Kier alpha value is -1.96. The molecule has 1 heterocycles. The number of rotatable bonds is 8. The summed E-state index contributed by atoms with van der Waals surface area (Å²) in [5.41, 5.74) is 2.83. The molecule has 3 rings (SSSR count). The Morgan fingerprint density at radius 3 is 2.77 bits per heavy atom. The molecule has 0 bridgehead atoms. The number of anilines is 1. The van der Waals surface area contributed by atoms with E-state index in [-0.39, 0.29) is 5.91 Å². The van der Waals surface area contributed by atoms with E-state index >= 15 is 0 Å². The first-order valence-electron chi connectivity index (χ1n) is 8.23. The number of carbonyl (C=O) groups excluding carboxylic acids is 1. The minimum Gasteiger partial charge on any atom is -0.383 e. The number of thioether (sulfide) groups is 2. The minimum absolute atomic E-state index is 0.0400. The van der Waals surface area contributed by atoms with Gasteiger partial charge in [0.15, 0.2) is 5.16 Å². The number of carbonyl (C=O) groups is 1. The molecule has 1 amide bonds. The number of nitrogens with zero attached hydrogens (tertiary/aromatic N) is 2. The molecule has 0 saturated carbocycles. The lowest BCUT2D eigenvalue weighted by atomic mass is 10.3. The van der Waals surface area contributed by atoms with Gasteiger partial charge in [-0.1, -0.05) is 36.0 Å². The zero-order valence-electron chi connectivity index (χ0n) is 14.8. The Balaban J connectivity index is 1.71. The molecule has 0 saturated heterocycles. The third kappa shape index (κ3) is 4.41. The van der Waals surface area contributed by atoms with Gasteiger partial charge in [-0.15, -0.1) is 11.8 Å². The van der Waals surface area contributed by atoms with Gasteiger partial charge >= 0.3 is 0 Å². The molecule has 1 aromatic heterocycles. The van der Waals surface area contributed by atoms with Gasteiger partial charge in [-0.2, -0.15) is 0 Å². The normalized spacial score (nSPS) is 11.0. The third-order valence-electron chi connectivity index (χ3n) is 3.85. The number of hydrogen-bond donors (Lipinski definition) is 1. The first-order chi connectivity index (χ1) is 12.7. The highest BCUT2D eigenvalue weighted by Crippen LogP contribution is 2.26. The van der Waals surface area contributed by atoms with Crippen LogP contribution in [0.5, 0.6) is 0 Å². The van der Waals surface area contributed by atoms with Crippen molar-refractivity contribution in [2.75, 3.05) is 31.0 Å². The predicted octanol–water partition coefficient (Wildman–Crippen LogP) is 4.14. The summed E-state index contributed by atoms with van der Waals surface area (Å²) in [5, 5.41) is 3.82. The van der Waals surface area contributed by atoms with Crippen LogP contribution in [0, 0.1) is 0 Å². The fourth-order valence-corrected chi connectivity index (χ4v) is 4.02. The van der Waals surface area contributed by atoms with Crippen LogP contribution >= 0.6 is 23.5 Å². The van der Waals surface area contributed by atoms with Gasteiger partial charge in [0.25, 0.3) is 0 Å². The molecule has 5 nitrogen and oxygen atoms in total. The molecule has 7 heteroatoms. The second-order valence-electron chi connectivity index (χ2n) is 5.56. The quantitative estimate of drug-likeness (QED) is 0.589. The van der Waals surface area contributed by atoms with Crippen LogP contribution in [-0.4, -0.2) is 41.2 Å². The summed E-state index contributed by atoms with van der Waals surface area (Å²) >= 11 is 3.06. The lowest BCUT2D eigenvalue weighted by molar-refractivity contribution is -0.113. The molecule has 3 aromatic rings. The van der Waals surface area contributed by atoms with Crippen LogP contribution in [0.25, 0.3) is 11.0 Å². The van der Waals surface area contributed by atoms with Crippen LogP contribution in [0.2, 0.25) is 0 Å². The fourth-order valence-electron chi connectivity index (χ4n) is 2.63. The maximum absolute atomic E-state index is 12.4. The van der Waals surface area contributed by atoms with Gasteiger partial charge in [-0.3, -0.25) is 4.79 Å². The molecular weight excluding hydrogens is 366 g/mol. The number of amides is 1. The van der Waals surface area contributed by atoms with Gasteiger partial charge in [0.2, 0.25) is 5.91 Å². The van der Waals surface area contributed by atoms with Crippen molar-refractivity contribution in [2.24, 2.45) is 0 Å². The van der Waals surface area contributed by atoms with Crippen molar-refractivity contribution in [3.05, 3.63) is 48.5 Å². The number of fused-ring (bicyclic) bond motifs is 1. The second-order valence-corrected chi connectivity index (χ2v) is 7.36. The molecule has 0 radical (unpaired) electrons. The Bertz CT molecular complexity index is 895. The van der Waals surface area contributed by atoms with Crippen LogP contribution in [0.3, 0.4) is 0 Å². The van der Waals surface area contributed by atoms with E-state index in [1.54, 1.807) is 18.9 Å². The molecule has 0 aliphatic heterocycles. The summed E-state index contributed by atoms with van der Waals surface area (Å²) in [7, 11) is 1.68. The van der Waals surface area contributed by atoms with Crippen LogP contribution in [-0.2, 0) is 16.1 Å². The zero-order chi connectivity index (χ0) is 18.4. The van der Waals surface area contributed by atoms with Crippen LogP contribution in [0.4, 0.5) is 5.69 Å². The number of para-hydroxylation sites is 3. The van der Waals surface area contributed by atoms with Crippen molar-refractivity contribution in [1.82, 2.24) is 9.55 Å². The average Bonchev–Trinajstić information content (AvgIpc) is 3.02. The van der Waals surface area contributed by atoms with Crippen molar-refractivity contribution in [3.63, 3.8) is 0 Å².